The third-order valence-electron chi connectivity index (χ3n) is 3.58. The molecular formula is C15H22ClN5O. The van der Waals surface area contributed by atoms with Crippen LogP contribution < -0.4 is 5.32 Å². The SMILES string of the molecule is Cc1cc(C)n(CC(C)CNC(=O)c2c(C)nn(C)c2Cl)n1. The molecule has 0 saturated carbocycles. The Hall–Kier alpha value is -1.82. The number of hydrogen-bond acceptors (Lipinski definition) is 3. The van der Waals surface area contributed by atoms with E-state index in [0.29, 0.717) is 23.0 Å². The van der Waals surface area contributed by atoms with Gasteiger partial charge in [-0.3, -0.25) is 14.2 Å². The number of halogens is 1. The van der Waals surface area contributed by atoms with Crippen LogP contribution in [0.4, 0.5) is 0 Å². The lowest BCUT2D eigenvalue weighted by Gasteiger charge is -2.14. The van der Waals surface area contributed by atoms with E-state index in [1.54, 1.807) is 14.0 Å². The van der Waals surface area contributed by atoms with Gasteiger partial charge in [-0.15, -0.1) is 0 Å². The number of nitrogens with one attached hydrogen (secondary N) is 1. The highest BCUT2D eigenvalue weighted by Gasteiger charge is 2.19. The quantitative estimate of drug-likeness (QED) is 0.918. The van der Waals surface area contributed by atoms with E-state index in [4.69, 9.17) is 11.6 Å². The second-order valence-electron chi connectivity index (χ2n) is 5.80. The van der Waals surface area contributed by atoms with Crippen molar-refractivity contribution in [2.45, 2.75) is 34.2 Å². The standard InChI is InChI=1S/C15H22ClN5O/c1-9(8-21-11(3)6-10(2)18-21)7-17-15(22)13-12(4)19-20(5)14(13)16/h6,9H,7-8H2,1-5H3,(H,17,22). The summed E-state index contributed by atoms with van der Waals surface area (Å²) in [4.78, 5) is 12.3. The number of carbonyl (C=O) groups excluding carboxylic acids is 1. The Morgan fingerprint density at radius 3 is 2.55 bits per heavy atom. The van der Waals surface area contributed by atoms with Gasteiger partial charge in [0, 0.05) is 25.8 Å². The smallest absolute Gasteiger partial charge is 0.256 e. The highest BCUT2D eigenvalue weighted by molar-refractivity contribution is 6.33. The van der Waals surface area contributed by atoms with Crippen molar-refractivity contribution in [3.63, 3.8) is 0 Å². The number of aryl methyl sites for hydroxylation is 4. The monoisotopic (exact) mass is 323 g/mol. The van der Waals surface area contributed by atoms with Crippen molar-refractivity contribution in [2.24, 2.45) is 13.0 Å². The summed E-state index contributed by atoms with van der Waals surface area (Å²) in [5.41, 5.74) is 3.21. The molecule has 120 valence electrons. The summed E-state index contributed by atoms with van der Waals surface area (Å²) < 4.78 is 3.47. The molecule has 0 aromatic carbocycles. The maximum atomic E-state index is 12.3. The number of rotatable bonds is 5. The largest absolute Gasteiger partial charge is 0.352 e. The number of nitrogens with zero attached hydrogens (tertiary/aromatic N) is 4. The highest BCUT2D eigenvalue weighted by Crippen LogP contribution is 2.18. The number of aromatic nitrogens is 4. The first-order valence-electron chi connectivity index (χ1n) is 7.28. The maximum absolute atomic E-state index is 12.3. The van der Waals surface area contributed by atoms with Crippen LogP contribution in [-0.2, 0) is 13.6 Å². The molecule has 0 saturated heterocycles. The summed E-state index contributed by atoms with van der Waals surface area (Å²) in [6.45, 7) is 9.18. The first-order chi connectivity index (χ1) is 10.3. The molecule has 1 atom stereocenters. The van der Waals surface area contributed by atoms with Crippen LogP contribution in [0.15, 0.2) is 6.07 Å². The Kier molecular flexibility index (Phi) is 4.90. The predicted molar refractivity (Wildman–Crippen MR) is 86.2 cm³/mol. The predicted octanol–water partition coefficient (Wildman–Crippen LogP) is 2.26. The maximum Gasteiger partial charge on any atom is 0.256 e. The molecule has 0 bridgehead atoms. The van der Waals surface area contributed by atoms with E-state index in [1.807, 2.05) is 24.6 Å². The van der Waals surface area contributed by atoms with Gasteiger partial charge < -0.3 is 5.32 Å². The minimum Gasteiger partial charge on any atom is -0.352 e. The van der Waals surface area contributed by atoms with Gasteiger partial charge in [-0.2, -0.15) is 10.2 Å². The minimum absolute atomic E-state index is 0.184. The van der Waals surface area contributed by atoms with Gasteiger partial charge in [0.1, 0.15) is 5.15 Å². The average molecular weight is 324 g/mol. The lowest BCUT2D eigenvalue weighted by Crippen LogP contribution is -2.30. The lowest BCUT2D eigenvalue weighted by atomic mass is 10.1. The lowest BCUT2D eigenvalue weighted by molar-refractivity contribution is 0.0946. The van der Waals surface area contributed by atoms with Crippen LogP contribution in [0.1, 0.15) is 34.4 Å². The summed E-state index contributed by atoms with van der Waals surface area (Å²) >= 11 is 6.10. The van der Waals surface area contributed by atoms with E-state index in [1.165, 1.54) is 4.68 Å². The number of hydrogen-bond donors (Lipinski definition) is 1. The van der Waals surface area contributed by atoms with E-state index in [-0.39, 0.29) is 11.8 Å². The Morgan fingerprint density at radius 1 is 1.36 bits per heavy atom. The third-order valence-corrected chi connectivity index (χ3v) is 4.01. The Morgan fingerprint density at radius 2 is 2.05 bits per heavy atom. The molecule has 6 nitrogen and oxygen atoms in total. The van der Waals surface area contributed by atoms with E-state index < -0.39 is 0 Å². The summed E-state index contributed by atoms with van der Waals surface area (Å²) in [5, 5.41) is 11.9. The Balaban J connectivity index is 1.94. The number of carbonyl (C=O) groups is 1. The van der Waals surface area contributed by atoms with E-state index in [0.717, 1.165) is 17.9 Å². The first-order valence-corrected chi connectivity index (χ1v) is 7.65. The molecule has 0 aliphatic carbocycles. The van der Waals surface area contributed by atoms with Crippen LogP contribution >= 0.6 is 11.6 Å². The fourth-order valence-electron chi connectivity index (χ4n) is 2.46. The van der Waals surface area contributed by atoms with Crippen LogP contribution in [-0.4, -0.2) is 32.0 Å². The second-order valence-corrected chi connectivity index (χ2v) is 6.16. The molecule has 2 heterocycles. The van der Waals surface area contributed by atoms with Crippen molar-refractivity contribution in [2.75, 3.05) is 6.54 Å². The Bertz CT molecular complexity index is 688. The average Bonchev–Trinajstić information content (AvgIpc) is 2.86. The summed E-state index contributed by atoms with van der Waals surface area (Å²) in [6.07, 6.45) is 0. The molecule has 0 spiro atoms. The van der Waals surface area contributed by atoms with Gasteiger partial charge in [0.2, 0.25) is 0 Å². The van der Waals surface area contributed by atoms with E-state index in [2.05, 4.69) is 22.4 Å². The van der Waals surface area contributed by atoms with E-state index in [9.17, 15) is 4.79 Å². The van der Waals surface area contributed by atoms with Crippen molar-refractivity contribution in [3.05, 3.63) is 33.9 Å². The molecule has 0 fully saturated rings. The summed E-state index contributed by atoms with van der Waals surface area (Å²) in [7, 11) is 1.72. The van der Waals surface area contributed by atoms with E-state index >= 15 is 0 Å². The molecule has 1 amide bonds. The zero-order valence-corrected chi connectivity index (χ0v) is 14.4. The van der Waals surface area contributed by atoms with Crippen molar-refractivity contribution in [1.82, 2.24) is 24.9 Å². The molecule has 2 aromatic rings. The van der Waals surface area contributed by atoms with Gasteiger partial charge in [-0.05, 0) is 32.8 Å². The third kappa shape index (κ3) is 3.50. The fourth-order valence-corrected chi connectivity index (χ4v) is 2.72. The van der Waals surface area contributed by atoms with Crippen LogP contribution in [0.5, 0.6) is 0 Å². The normalized spacial score (nSPS) is 12.5. The number of amides is 1. The minimum atomic E-state index is -0.184. The molecule has 2 aromatic heterocycles. The molecule has 2 rings (SSSR count). The molecule has 1 N–H and O–H groups in total. The van der Waals surface area contributed by atoms with Crippen LogP contribution in [0.2, 0.25) is 5.15 Å². The zero-order valence-electron chi connectivity index (χ0n) is 13.6. The molecular weight excluding hydrogens is 302 g/mol. The molecule has 0 radical (unpaired) electrons. The van der Waals surface area contributed by atoms with Crippen molar-refractivity contribution >= 4 is 17.5 Å². The van der Waals surface area contributed by atoms with Crippen molar-refractivity contribution in [1.29, 1.82) is 0 Å². The van der Waals surface area contributed by atoms with Gasteiger partial charge in [-0.1, -0.05) is 18.5 Å². The van der Waals surface area contributed by atoms with Gasteiger partial charge in [0.15, 0.2) is 0 Å². The molecule has 7 heteroatoms. The van der Waals surface area contributed by atoms with Crippen molar-refractivity contribution in [3.8, 4) is 0 Å². The van der Waals surface area contributed by atoms with Crippen LogP contribution in [0.25, 0.3) is 0 Å². The van der Waals surface area contributed by atoms with Crippen LogP contribution in [0.3, 0.4) is 0 Å². The zero-order chi connectivity index (χ0) is 16.4. The molecule has 0 aliphatic rings. The fraction of sp³-hybridized carbons (Fsp3) is 0.533. The first kappa shape index (κ1) is 16.5. The highest BCUT2D eigenvalue weighted by atomic mass is 35.5. The molecule has 22 heavy (non-hydrogen) atoms. The summed E-state index contributed by atoms with van der Waals surface area (Å²) in [6, 6.07) is 2.05. The Labute approximate surface area is 135 Å². The molecule has 0 aliphatic heterocycles. The second kappa shape index (κ2) is 6.52. The van der Waals surface area contributed by atoms with Gasteiger partial charge in [-0.25, -0.2) is 0 Å². The van der Waals surface area contributed by atoms with Crippen molar-refractivity contribution < 1.29 is 4.79 Å². The summed E-state index contributed by atoms with van der Waals surface area (Å²) in [5.74, 6) is 0.0773. The van der Waals surface area contributed by atoms with Gasteiger partial charge >= 0.3 is 0 Å². The van der Waals surface area contributed by atoms with Crippen LogP contribution in [0, 0.1) is 26.7 Å². The topological polar surface area (TPSA) is 64.7 Å². The molecule has 1 unspecified atom stereocenters. The van der Waals surface area contributed by atoms with Gasteiger partial charge in [0.05, 0.1) is 17.0 Å². The van der Waals surface area contributed by atoms with Gasteiger partial charge in [0.25, 0.3) is 5.91 Å².